The zero-order valence-electron chi connectivity index (χ0n) is 12.9. The second-order valence-electron chi connectivity index (χ2n) is 5.64. The highest BCUT2D eigenvalue weighted by atomic mass is 32.2. The average molecular weight is 345 g/mol. The van der Waals surface area contributed by atoms with Crippen LogP contribution in [0.15, 0.2) is 42.5 Å². The molecule has 0 aromatic heterocycles. The smallest absolute Gasteiger partial charge is 0.255 e. The van der Waals surface area contributed by atoms with E-state index in [-0.39, 0.29) is 11.3 Å². The molecule has 1 fully saturated rings. The predicted octanol–water partition coefficient (Wildman–Crippen LogP) is 3.48. The van der Waals surface area contributed by atoms with Crippen molar-refractivity contribution in [2.24, 2.45) is 0 Å². The van der Waals surface area contributed by atoms with Crippen molar-refractivity contribution in [2.45, 2.75) is 5.37 Å². The lowest BCUT2D eigenvalue weighted by atomic mass is 10.1. The van der Waals surface area contributed by atoms with Crippen LogP contribution >= 0.6 is 11.8 Å². The molecule has 1 saturated heterocycles. The highest BCUT2D eigenvalue weighted by Crippen LogP contribution is 2.42. The Kier molecular flexibility index (Phi) is 4.06. The number of rotatable bonds is 2. The molecule has 1 unspecified atom stereocenters. The van der Waals surface area contributed by atoms with Gasteiger partial charge in [0.1, 0.15) is 24.4 Å². The molecule has 4 rings (SSSR count). The Morgan fingerprint density at radius 2 is 1.96 bits per heavy atom. The highest BCUT2D eigenvalue weighted by molar-refractivity contribution is 7.99. The first-order valence-electron chi connectivity index (χ1n) is 7.80. The van der Waals surface area contributed by atoms with E-state index in [2.05, 4.69) is 0 Å². The summed E-state index contributed by atoms with van der Waals surface area (Å²) in [5.41, 5.74) is 1.37. The van der Waals surface area contributed by atoms with Crippen LogP contribution in [0.5, 0.6) is 11.5 Å². The van der Waals surface area contributed by atoms with Crippen molar-refractivity contribution < 1.29 is 18.7 Å². The summed E-state index contributed by atoms with van der Waals surface area (Å²) in [6.07, 6.45) is 0. The number of thioether (sulfide) groups is 1. The average Bonchev–Trinajstić information content (AvgIpc) is 3.10. The maximum absolute atomic E-state index is 13.4. The van der Waals surface area contributed by atoms with E-state index in [4.69, 9.17) is 9.47 Å². The summed E-state index contributed by atoms with van der Waals surface area (Å²) in [5.74, 6) is 1.74. The number of hydrogen-bond acceptors (Lipinski definition) is 4. The summed E-state index contributed by atoms with van der Waals surface area (Å²) >= 11 is 1.70. The molecule has 24 heavy (non-hydrogen) atoms. The van der Waals surface area contributed by atoms with Crippen LogP contribution in [0.1, 0.15) is 21.3 Å². The standard InChI is InChI=1S/C18H16FNO3S/c19-14-3-1-2-12(10-14)17(21)20-6-9-24-18(20)13-4-5-15-16(11-13)23-8-7-22-15/h1-5,10-11,18H,6-9H2. The zero-order chi connectivity index (χ0) is 16.5. The first kappa shape index (κ1) is 15.3. The van der Waals surface area contributed by atoms with E-state index in [1.807, 2.05) is 18.2 Å². The summed E-state index contributed by atoms with van der Waals surface area (Å²) in [6, 6.07) is 11.6. The van der Waals surface area contributed by atoms with Crippen LogP contribution in [0.3, 0.4) is 0 Å². The molecule has 0 saturated carbocycles. The highest BCUT2D eigenvalue weighted by Gasteiger charge is 2.32. The van der Waals surface area contributed by atoms with Crippen LogP contribution in [-0.4, -0.2) is 36.3 Å². The first-order valence-corrected chi connectivity index (χ1v) is 8.85. The molecule has 1 atom stereocenters. The minimum absolute atomic E-state index is 0.100. The normalized spacial score (nSPS) is 19.4. The lowest BCUT2D eigenvalue weighted by molar-refractivity contribution is 0.0759. The molecule has 0 N–H and O–H groups in total. The molecular formula is C18H16FNO3S. The lowest BCUT2D eigenvalue weighted by Crippen LogP contribution is -2.30. The van der Waals surface area contributed by atoms with Crippen molar-refractivity contribution in [2.75, 3.05) is 25.5 Å². The SMILES string of the molecule is O=C(c1cccc(F)c1)N1CCSC1c1ccc2c(c1)OCCO2. The van der Waals surface area contributed by atoms with E-state index >= 15 is 0 Å². The van der Waals surface area contributed by atoms with Gasteiger partial charge < -0.3 is 14.4 Å². The van der Waals surface area contributed by atoms with Gasteiger partial charge in [-0.1, -0.05) is 12.1 Å². The summed E-state index contributed by atoms with van der Waals surface area (Å²) in [7, 11) is 0. The number of nitrogens with zero attached hydrogens (tertiary/aromatic N) is 1. The molecule has 124 valence electrons. The fourth-order valence-electron chi connectivity index (χ4n) is 2.96. The van der Waals surface area contributed by atoms with Crippen LogP contribution in [0.2, 0.25) is 0 Å². The van der Waals surface area contributed by atoms with Crippen molar-refractivity contribution in [3.8, 4) is 11.5 Å². The van der Waals surface area contributed by atoms with Gasteiger partial charge in [-0.05, 0) is 35.9 Å². The lowest BCUT2D eigenvalue weighted by Gasteiger charge is -2.26. The first-order chi connectivity index (χ1) is 11.7. The molecule has 2 heterocycles. The van der Waals surface area contributed by atoms with Crippen LogP contribution < -0.4 is 9.47 Å². The minimum Gasteiger partial charge on any atom is -0.486 e. The van der Waals surface area contributed by atoms with Crippen LogP contribution in [0.25, 0.3) is 0 Å². The molecular weight excluding hydrogens is 329 g/mol. The molecule has 6 heteroatoms. The monoisotopic (exact) mass is 345 g/mol. The Bertz CT molecular complexity index is 783. The zero-order valence-corrected chi connectivity index (χ0v) is 13.7. The number of carbonyl (C=O) groups excluding carboxylic acids is 1. The Morgan fingerprint density at radius 3 is 2.79 bits per heavy atom. The fourth-order valence-corrected chi connectivity index (χ4v) is 4.20. The molecule has 2 aliphatic rings. The van der Waals surface area contributed by atoms with Crippen molar-refractivity contribution in [3.63, 3.8) is 0 Å². The molecule has 0 radical (unpaired) electrons. The largest absolute Gasteiger partial charge is 0.486 e. The van der Waals surface area contributed by atoms with Gasteiger partial charge in [-0.15, -0.1) is 11.8 Å². The van der Waals surface area contributed by atoms with E-state index in [1.54, 1.807) is 28.8 Å². The van der Waals surface area contributed by atoms with Gasteiger partial charge in [0.25, 0.3) is 5.91 Å². The molecule has 2 aromatic rings. The van der Waals surface area contributed by atoms with Gasteiger partial charge in [0, 0.05) is 17.9 Å². The maximum atomic E-state index is 13.4. The number of halogens is 1. The predicted molar refractivity (Wildman–Crippen MR) is 90.1 cm³/mol. The van der Waals surface area contributed by atoms with E-state index in [9.17, 15) is 9.18 Å². The molecule has 0 aliphatic carbocycles. The Balaban J connectivity index is 1.62. The molecule has 1 amide bonds. The van der Waals surface area contributed by atoms with E-state index in [0.29, 0.717) is 31.1 Å². The fraction of sp³-hybridized carbons (Fsp3) is 0.278. The number of hydrogen-bond donors (Lipinski definition) is 0. The maximum Gasteiger partial charge on any atom is 0.255 e. The van der Waals surface area contributed by atoms with Gasteiger partial charge in [0.2, 0.25) is 0 Å². The molecule has 4 nitrogen and oxygen atoms in total. The summed E-state index contributed by atoms with van der Waals surface area (Å²) < 4.78 is 24.6. The van der Waals surface area contributed by atoms with Crippen molar-refractivity contribution in [1.82, 2.24) is 4.90 Å². The molecule has 0 bridgehead atoms. The third-order valence-electron chi connectivity index (χ3n) is 4.07. The third kappa shape index (κ3) is 2.82. The van der Waals surface area contributed by atoms with Crippen molar-refractivity contribution in [1.29, 1.82) is 0 Å². The van der Waals surface area contributed by atoms with Gasteiger partial charge in [-0.25, -0.2) is 4.39 Å². The van der Waals surface area contributed by atoms with Gasteiger partial charge in [-0.3, -0.25) is 4.79 Å². The van der Waals surface area contributed by atoms with Crippen molar-refractivity contribution >= 4 is 17.7 Å². The second kappa shape index (κ2) is 6.36. The summed E-state index contributed by atoms with van der Waals surface area (Å²) in [5, 5.41) is -0.100. The van der Waals surface area contributed by atoms with Crippen LogP contribution in [-0.2, 0) is 0 Å². The molecule has 2 aliphatic heterocycles. The number of ether oxygens (including phenoxy) is 2. The minimum atomic E-state index is -0.399. The topological polar surface area (TPSA) is 38.8 Å². The molecule has 0 spiro atoms. The third-order valence-corrected chi connectivity index (χ3v) is 5.34. The Morgan fingerprint density at radius 1 is 1.12 bits per heavy atom. The van der Waals surface area contributed by atoms with E-state index in [0.717, 1.165) is 17.1 Å². The Hall–Kier alpha value is -2.21. The van der Waals surface area contributed by atoms with Gasteiger partial charge >= 0.3 is 0 Å². The van der Waals surface area contributed by atoms with E-state index < -0.39 is 5.82 Å². The van der Waals surface area contributed by atoms with Crippen LogP contribution in [0, 0.1) is 5.82 Å². The number of carbonyl (C=O) groups is 1. The van der Waals surface area contributed by atoms with E-state index in [1.165, 1.54) is 12.1 Å². The number of fused-ring (bicyclic) bond motifs is 1. The van der Waals surface area contributed by atoms with Crippen molar-refractivity contribution in [3.05, 3.63) is 59.4 Å². The summed E-state index contributed by atoms with van der Waals surface area (Å²) in [4.78, 5) is 14.5. The Labute approximate surface area is 143 Å². The number of benzene rings is 2. The van der Waals surface area contributed by atoms with Crippen LogP contribution in [0.4, 0.5) is 4.39 Å². The van der Waals surface area contributed by atoms with Gasteiger partial charge in [-0.2, -0.15) is 0 Å². The number of amides is 1. The van der Waals surface area contributed by atoms with Gasteiger partial charge in [0.05, 0.1) is 0 Å². The second-order valence-corrected chi connectivity index (χ2v) is 6.82. The van der Waals surface area contributed by atoms with Gasteiger partial charge in [0.15, 0.2) is 11.5 Å². The quantitative estimate of drug-likeness (QED) is 0.835. The summed E-state index contributed by atoms with van der Waals surface area (Å²) in [6.45, 7) is 1.72. The molecule has 2 aromatic carbocycles.